The molecule has 84 valence electrons. The molecule has 1 aromatic carbocycles. The van der Waals surface area contributed by atoms with E-state index in [0.29, 0.717) is 0 Å². The van der Waals surface area contributed by atoms with Gasteiger partial charge in [-0.2, -0.15) is 0 Å². The van der Waals surface area contributed by atoms with E-state index in [4.69, 9.17) is 22.4 Å². The van der Waals surface area contributed by atoms with Crippen molar-refractivity contribution in [3.63, 3.8) is 0 Å². The number of hydrogen-bond donors (Lipinski definition) is 2. The molecule has 0 saturated carbocycles. The second-order valence-electron chi connectivity index (χ2n) is 2.66. The molecule has 0 atom stereocenters. The third-order valence-electron chi connectivity index (χ3n) is 1.63. The van der Waals surface area contributed by atoms with Crippen LogP contribution in [0, 0.1) is 0 Å². The minimum Gasteiger partial charge on any atom is -0.402 e. The maximum Gasteiger partial charge on any atom is 0.573 e. The van der Waals surface area contributed by atoms with Crippen molar-refractivity contribution in [2.75, 3.05) is 5.73 Å². The summed E-state index contributed by atoms with van der Waals surface area (Å²) in [7, 11) is 0. The van der Waals surface area contributed by atoms with Crippen LogP contribution in [0.1, 0.15) is 5.56 Å². The summed E-state index contributed by atoms with van der Waals surface area (Å²) in [6.45, 7) is -0.489. The smallest absolute Gasteiger partial charge is 0.402 e. The summed E-state index contributed by atoms with van der Waals surface area (Å²) in [5, 5.41) is 8.51. The summed E-state index contributed by atoms with van der Waals surface area (Å²) >= 11 is 5.48. The summed E-state index contributed by atoms with van der Waals surface area (Å²) < 4.78 is 39.5. The first-order valence-corrected chi connectivity index (χ1v) is 4.16. The largest absolute Gasteiger partial charge is 0.573 e. The van der Waals surface area contributed by atoms with Gasteiger partial charge in [-0.3, -0.25) is 0 Å². The minimum absolute atomic E-state index is 0.124. The minimum atomic E-state index is -4.87. The number of alkyl halides is 3. The number of nitrogens with two attached hydrogens (primary N) is 1. The Morgan fingerprint density at radius 3 is 2.47 bits per heavy atom. The maximum absolute atomic E-state index is 11.9. The molecule has 0 aromatic heterocycles. The highest BCUT2D eigenvalue weighted by molar-refractivity contribution is 6.32. The Bertz CT molecular complexity index is 368. The predicted molar refractivity (Wildman–Crippen MR) is 48.5 cm³/mol. The van der Waals surface area contributed by atoms with Crippen molar-refractivity contribution < 1.29 is 23.0 Å². The molecule has 0 heterocycles. The van der Waals surface area contributed by atoms with Gasteiger partial charge in [0.2, 0.25) is 0 Å². The molecule has 0 aliphatic carbocycles. The normalized spacial score (nSPS) is 11.5. The fourth-order valence-electron chi connectivity index (χ4n) is 0.971. The highest BCUT2D eigenvalue weighted by Gasteiger charge is 2.33. The van der Waals surface area contributed by atoms with Crippen molar-refractivity contribution in [3.8, 4) is 5.75 Å². The number of aliphatic hydroxyl groups is 1. The van der Waals surface area contributed by atoms with E-state index in [0.717, 1.165) is 0 Å². The van der Waals surface area contributed by atoms with Crippen LogP contribution in [0.15, 0.2) is 12.1 Å². The zero-order valence-electron chi connectivity index (χ0n) is 7.31. The fourth-order valence-corrected chi connectivity index (χ4v) is 1.17. The van der Waals surface area contributed by atoms with Crippen LogP contribution in [0.2, 0.25) is 5.02 Å². The lowest BCUT2D eigenvalue weighted by atomic mass is 10.2. The first-order valence-electron chi connectivity index (χ1n) is 3.78. The molecule has 0 bridgehead atoms. The van der Waals surface area contributed by atoms with Gasteiger partial charge in [-0.05, 0) is 6.07 Å². The molecule has 3 nitrogen and oxygen atoms in total. The van der Waals surface area contributed by atoms with Gasteiger partial charge in [0.05, 0.1) is 17.3 Å². The fraction of sp³-hybridized carbons (Fsp3) is 0.250. The number of rotatable bonds is 2. The molecular formula is C8H7ClF3NO2. The summed E-state index contributed by atoms with van der Waals surface area (Å²) in [4.78, 5) is 0. The third-order valence-corrected chi connectivity index (χ3v) is 1.92. The molecular weight excluding hydrogens is 235 g/mol. The van der Waals surface area contributed by atoms with Gasteiger partial charge in [-0.15, -0.1) is 13.2 Å². The van der Waals surface area contributed by atoms with Crippen LogP contribution in [0.4, 0.5) is 18.9 Å². The highest BCUT2D eigenvalue weighted by atomic mass is 35.5. The maximum atomic E-state index is 11.9. The van der Waals surface area contributed by atoms with E-state index >= 15 is 0 Å². The standard InChI is InChI=1S/C8H7ClF3NO2/c9-5-2-1-4(3-14)6(13)7(5)15-8(10,11)12/h1-2,14H,3,13H2. The van der Waals surface area contributed by atoms with Gasteiger partial charge in [0.1, 0.15) is 0 Å². The van der Waals surface area contributed by atoms with Gasteiger partial charge < -0.3 is 15.6 Å². The molecule has 1 aromatic rings. The van der Waals surface area contributed by atoms with E-state index in [1.54, 1.807) is 0 Å². The Hall–Kier alpha value is -1.14. The summed E-state index contributed by atoms with van der Waals surface area (Å²) in [6.07, 6.45) is -4.87. The predicted octanol–water partition coefficient (Wildman–Crippen LogP) is 2.31. The molecule has 0 spiro atoms. The van der Waals surface area contributed by atoms with Crippen LogP contribution in [0.3, 0.4) is 0 Å². The Morgan fingerprint density at radius 1 is 1.40 bits per heavy atom. The zero-order chi connectivity index (χ0) is 11.6. The lowest BCUT2D eigenvalue weighted by Crippen LogP contribution is -2.18. The van der Waals surface area contributed by atoms with E-state index in [-0.39, 0.29) is 16.3 Å². The number of halogens is 4. The van der Waals surface area contributed by atoms with Gasteiger partial charge >= 0.3 is 6.36 Å². The second-order valence-corrected chi connectivity index (χ2v) is 3.06. The molecule has 7 heteroatoms. The third kappa shape index (κ3) is 2.90. The number of ether oxygens (including phenoxy) is 1. The van der Waals surface area contributed by atoms with E-state index in [1.807, 2.05) is 0 Å². The zero-order valence-corrected chi connectivity index (χ0v) is 8.06. The van der Waals surface area contributed by atoms with Crippen molar-refractivity contribution >= 4 is 17.3 Å². The Labute approximate surface area is 88.2 Å². The molecule has 0 amide bonds. The molecule has 3 N–H and O–H groups in total. The molecule has 0 fully saturated rings. The second kappa shape index (κ2) is 4.16. The number of aliphatic hydroxyl groups excluding tert-OH is 1. The monoisotopic (exact) mass is 241 g/mol. The first-order chi connectivity index (χ1) is 6.85. The summed E-state index contributed by atoms with van der Waals surface area (Å²) in [5.74, 6) is -0.685. The molecule has 0 aliphatic heterocycles. The van der Waals surface area contributed by atoms with E-state index < -0.39 is 18.7 Å². The SMILES string of the molecule is Nc1c(CO)ccc(Cl)c1OC(F)(F)F. The molecule has 0 unspecified atom stereocenters. The van der Waals surface area contributed by atoms with Crippen molar-refractivity contribution in [2.45, 2.75) is 13.0 Å². The van der Waals surface area contributed by atoms with Crippen molar-refractivity contribution in [1.82, 2.24) is 0 Å². The first kappa shape index (κ1) is 11.9. The van der Waals surface area contributed by atoms with Crippen LogP contribution in [0.25, 0.3) is 0 Å². The van der Waals surface area contributed by atoms with Crippen molar-refractivity contribution in [2.24, 2.45) is 0 Å². The van der Waals surface area contributed by atoms with Gasteiger partial charge in [0.25, 0.3) is 0 Å². The molecule has 0 aliphatic rings. The quantitative estimate of drug-likeness (QED) is 0.782. The van der Waals surface area contributed by atoms with Gasteiger partial charge in [0, 0.05) is 5.56 Å². The topological polar surface area (TPSA) is 55.5 Å². The molecule has 0 saturated heterocycles. The molecule has 1 rings (SSSR count). The van der Waals surface area contributed by atoms with Crippen LogP contribution in [-0.2, 0) is 6.61 Å². The summed E-state index contributed by atoms with van der Waals surface area (Å²) in [6, 6.07) is 2.49. The van der Waals surface area contributed by atoms with Crippen LogP contribution in [0.5, 0.6) is 5.75 Å². The summed E-state index contributed by atoms with van der Waals surface area (Å²) in [5.41, 5.74) is 5.14. The average Bonchev–Trinajstić information content (AvgIpc) is 2.11. The van der Waals surface area contributed by atoms with Gasteiger partial charge in [-0.1, -0.05) is 17.7 Å². The van der Waals surface area contributed by atoms with Gasteiger partial charge in [-0.25, -0.2) is 0 Å². The molecule has 15 heavy (non-hydrogen) atoms. The number of hydrogen-bond acceptors (Lipinski definition) is 3. The number of benzene rings is 1. The lowest BCUT2D eigenvalue weighted by Gasteiger charge is -2.14. The van der Waals surface area contributed by atoms with Crippen LogP contribution < -0.4 is 10.5 Å². The number of anilines is 1. The van der Waals surface area contributed by atoms with Crippen molar-refractivity contribution in [1.29, 1.82) is 0 Å². The lowest BCUT2D eigenvalue weighted by molar-refractivity contribution is -0.274. The van der Waals surface area contributed by atoms with E-state index in [1.165, 1.54) is 12.1 Å². The van der Waals surface area contributed by atoms with Crippen LogP contribution in [-0.4, -0.2) is 11.5 Å². The molecule has 0 radical (unpaired) electrons. The average molecular weight is 242 g/mol. The van der Waals surface area contributed by atoms with E-state index in [9.17, 15) is 13.2 Å². The van der Waals surface area contributed by atoms with E-state index in [2.05, 4.69) is 4.74 Å². The van der Waals surface area contributed by atoms with Crippen LogP contribution >= 0.6 is 11.6 Å². The highest BCUT2D eigenvalue weighted by Crippen LogP contribution is 2.37. The van der Waals surface area contributed by atoms with Crippen molar-refractivity contribution in [3.05, 3.63) is 22.7 Å². The number of nitrogen functional groups attached to an aromatic ring is 1. The Kier molecular flexibility index (Phi) is 3.31. The van der Waals surface area contributed by atoms with Gasteiger partial charge in [0.15, 0.2) is 5.75 Å². The Morgan fingerprint density at radius 2 is 2.00 bits per heavy atom. The Balaban J connectivity index is 3.15.